The zero-order valence-corrected chi connectivity index (χ0v) is 11.2. The number of allylic oxidation sites excluding steroid dienone is 2. The molecule has 1 aliphatic carbocycles. The normalized spacial score (nSPS) is 18.3. The molecule has 1 unspecified atom stereocenters. The molecule has 1 aromatic rings. The van der Waals surface area contributed by atoms with Gasteiger partial charge in [0.15, 0.2) is 0 Å². The highest BCUT2D eigenvalue weighted by Gasteiger charge is 2.11. The van der Waals surface area contributed by atoms with Crippen molar-refractivity contribution in [2.24, 2.45) is 5.16 Å². The molecule has 0 spiro atoms. The Morgan fingerprint density at radius 2 is 1.94 bits per heavy atom. The third-order valence-electron chi connectivity index (χ3n) is 3.86. The second-order valence-electron chi connectivity index (χ2n) is 5.06. The topological polar surface area (TPSA) is 32.6 Å². The third kappa shape index (κ3) is 2.81. The molecule has 0 amide bonds. The lowest BCUT2D eigenvalue weighted by Gasteiger charge is -2.15. The molecule has 0 aromatic heterocycles. The molecule has 96 valence electrons. The summed E-state index contributed by atoms with van der Waals surface area (Å²) in [5.74, 6) is 0.171. The van der Waals surface area contributed by atoms with Gasteiger partial charge in [0.25, 0.3) is 0 Å². The van der Waals surface area contributed by atoms with Crippen molar-refractivity contribution in [3.05, 3.63) is 41.5 Å². The van der Waals surface area contributed by atoms with E-state index >= 15 is 0 Å². The summed E-state index contributed by atoms with van der Waals surface area (Å²) in [5, 5.41) is 12.1. The smallest absolute Gasteiger partial charge is 0.0611 e. The van der Waals surface area contributed by atoms with Gasteiger partial charge in [0.1, 0.15) is 0 Å². The molecule has 1 aromatic carbocycles. The number of hydrogen-bond acceptors (Lipinski definition) is 2. The van der Waals surface area contributed by atoms with Crippen LogP contribution in [-0.2, 0) is 0 Å². The van der Waals surface area contributed by atoms with Gasteiger partial charge in [-0.1, -0.05) is 42.4 Å². The Bertz CT molecular complexity index is 456. The van der Waals surface area contributed by atoms with Crippen molar-refractivity contribution in [1.82, 2.24) is 0 Å². The number of rotatable bonds is 3. The summed E-state index contributed by atoms with van der Waals surface area (Å²) in [6, 6.07) is 8.66. The van der Waals surface area contributed by atoms with Gasteiger partial charge in [-0.25, -0.2) is 0 Å². The fraction of sp³-hybridized carbons (Fsp3) is 0.438. The Morgan fingerprint density at radius 3 is 2.50 bits per heavy atom. The highest BCUT2D eigenvalue weighted by atomic mass is 16.4. The lowest BCUT2D eigenvalue weighted by atomic mass is 9.91. The lowest BCUT2D eigenvalue weighted by molar-refractivity contribution is 0.316. The summed E-state index contributed by atoms with van der Waals surface area (Å²) in [5.41, 5.74) is 4.77. The van der Waals surface area contributed by atoms with Crippen molar-refractivity contribution in [2.45, 2.75) is 45.4 Å². The van der Waals surface area contributed by atoms with E-state index in [1.807, 2.05) is 6.92 Å². The van der Waals surface area contributed by atoms with Crippen LogP contribution in [0.5, 0.6) is 0 Å². The molecule has 0 saturated heterocycles. The van der Waals surface area contributed by atoms with Crippen LogP contribution in [0.1, 0.15) is 56.6 Å². The van der Waals surface area contributed by atoms with Crippen LogP contribution in [0.2, 0.25) is 0 Å². The zero-order chi connectivity index (χ0) is 13.0. The number of nitrogens with zero attached hydrogens (tertiary/aromatic N) is 1. The Balaban J connectivity index is 2.17. The Labute approximate surface area is 109 Å². The van der Waals surface area contributed by atoms with Gasteiger partial charge in [-0.05, 0) is 49.3 Å². The molecule has 0 aliphatic heterocycles. The molecular formula is C16H21NO. The first kappa shape index (κ1) is 12.9. The van der Waals surface area contributed by atoms with Gasteiger partial charge in [0.05, 0.1) is 5.71 Å². The fourth-order valence-corrected chi connectivity index (χ4v) is 2.41. The number of hydrogen-bond donors (Lipinski definition) is 1. The largest absolute Gasteiger partial charge is 0.411 e. The molecule has 1 aliphatic rings. The van der Waals surface area contributed by atoms with E-state index in [9.17, 15) is 0 Å². The molecule has 0 heterocycles. The van der Waals surface area contributed by atoms with Crippen LogP contribution in [0.4, 0.5) is 0 Å². The van der Waals surface area contributed by atoms with E-state index < -0.39 is 0 Å². The molecule has 2 rings (SSSR count). The molecule has 18 heavy (non-hydrogen) atoms. The first-order valence-electron chi connectivity index (χ1n) is 6.70. The van der Waals surface area contributed by atoms with E-state index in [4.69, 9.17) is 5.21 Å². The lowest BCUT2D eigenvalue weighted by Crippen LogP contribution is -2.05. The molecule has 1 atom stereocenters. The average Bonchev–Trinajstić information content (AvgIpc) is 2.47. The maximum Gasteiger partial charge on any atom is 0.0611 e. The highest BCUT2D eigenvalue weighted by Crippen LogP contribution is 2.28. The highest BCUT2D eigenvalue weighted by molar-refractivity contribution is 5.88. The van der Waals surface area contributed by atoms with Gasteiger partial charge in [0, 0.05) is 5.92 Å². The van der Waals surface area contributed by atoms with Crippen LogP contribution < -0.4 is 0 Å². The average molecular weight is 243 g/mol. The second kappa shape index (κ2) is 5.85. The van der Waals surface area contributed by atoms with Gasteiger partial charge in [-0.15, -0.1) is 0 Å². The minimum absolute atomic E-state index is 0.171. The summed E-state index contributed by atoms with van der Waals surface area (Å²) in [4.78, 5) is 0. The van der Waals surface area contributed by atoms with Crippen molar-refractivity contribution < 1.29 is 5.21 Å². The van der Waals surface area contributed by atoms with Gasteiger partial charge in [0.2, 0.25) is 0 Å². The van der Waals surface area contributed by atoms with Crippen LogP contribution in [-0.4, -0.2) is 10.9 Å². The molecule has 1 N–H and O–H groups in total. The molecule has 0 fully saturated rings. The SMILES string of the molecule is CC(=NO)C(C)c1ccc(C2=CCCCC2)cc1. The summed E-state index contributed by atoms with van der Waals surface area (Å²) in [7, 11) is 0. The van der Waals surface area contributed by atoms with E-state index in [0.717, 1.165) is 5.71 Å². The fourth-order valence-electron chi connectivity index (χ4n) is 2.41. The zero-order valence-electron chi connectivity index (χ0n) is 11.2. The Hall–Kier alpha value is -1.57. The predicted molar refractivity (Wildman–Crippen MR) is 76.2 cm³/mol. The van der Waals surface area contributed by atoms with Crippen LogP contribution in [0.25, 0.3) is 5.57 Å². The summed E-state index contributed by atoms with van der Waals surface area (Å²) in [6.45, 7) is 3.91. The van der Waals surface area contributed by atoms with E-state index in [1.54, 1.807) is 0 Å². The van der Waals surface area contributed by atoms with Gasteiger partial charge in [-0.2, -0.15) is 0 Å². The molecular weight excluding hydrogens is 222 g/mol. The van der Waals surface area contributed by atoms with E-state index in [0.29, 0.717) is 0 Å². The Morgan fingerprint density at radius 1 is 1.22 bits per heavy atom. The van der Waals surface area contributed by atoms with Crippen LogP contribution >= 0.6 is 0 Å². The summed E-state index contributed by atoms with van der Waals surface area (Å²) in [6.07, 6.45) is 7.41. The molecule has 2 nitrogen and oxygen atoms in total. The maximum atomic E-state index is 8.80. The number of oxime groups is 1. The van der Waals surface area contributed by atoms with Crippen LogP contribution in [0.15, 0.2) is 35.5 Å². The van der Waals surface area contributed by atoms with Gasteiger partial charge in [-0.3, -0.25) is 0 Å². The van der Waals surface area contributed by atoms with Crippen LogP contribution in [0.3, 0.4) is 0 Å². The van der Waals surface area contributed by atoms with E-state index in [2.05, 4.69) is 42.4 Å². The summed E-state index contributed by atoms with van der Waals surface area (Å²) < 4.78 is 0. The van der Waals surface area contributed by atoms with Crippen molar-refractivity contribution in [1.29, 1.82) is 0 Å². The summed E-state index contributed by atoms with van der Waals surface area (Å²) >= 11 is 0. The maximum absolute atomic E-state index is 8.80. The molecule has 0 bridgehead atoms. The first-order chi connectivity index (χ1) is 8.72. The van der Waals surface area contributed by atoms with Crippen molar-refractivity contribution in [3.63, 3.8) is 0 Å². The van der Waals surface area contributed by atoms with Gasteiger partial charge >= 0.3 is 0 Å². The van der Waals surface area contributed by atoms with E-state index in [1.165, 1.54) is 42.4 Å². The second-order valence-corrected chi connectivity index (χ2v) is 5.06. The van der Waals surface area contributed by atoms with E-state index in [-0.39, 0.29) is 5.92 Å². The van der Waals surface area contributed by atoms with Crippen molar-refractivity contribution >= 4 is 11.3 Å². The minimum Gasteiger partial charge on any atom is -0.411 e. The standard InChI is InChI=1S/C16H21NO/c1-12(13(2)17-18)14-8-10-16(11-9-14)15-6-4-3-5-7-15/h6,8-12,18H,3-5,7H2,1-2H3. The molecule has 0 radical (unpaired) electrons. The van der Waals surface area contributed by atoms with Gasteiger partial charge < -0.3 is 5.21 Å². The Kier molecular flexibility index (Phi) is 4.19. The minimum atomic E-state index is 0.171. The van der Waals surface area contributed by atoms with Crippen molar-refractivity contribution in [3.8, 4) is 0 Å². The van der Waals surface area contributed by atoms with Crippen molar-refractivity contribution in [2.75, 3.05) is 0 Å². The quantitative estimate of drug-likeness (QED) is 0.470. The molecule has 2 heteroatoms. The third-order valence-corrected chi connectivity index (χ3v) is 3.86. The van der Waals surface area contributed by atoms with Crippen LogP contribution in [0, 0.1) is 0 Å². The molecule has 0 saturated carbocycles. The monoisotopic (exact) mass is 243 g/mol. The number of benzene rings is 1. The first-order valence-corrected chi connectivity index (χ1v) is 6.70. The predicted octanol–water partition coefficient (Wildman–Crippen LogP) is 4.60.